The third-order valence-electron chi connectivity index (χ3n) is 2.63. The summed E-state index contributed by atoms with van der Waals surface area (Å²) in [6.45, 7) is 6.29. The molecule has 128 valence electrons. The molecule has 22 heavy (non-hydrogen) atoms. The lowest BCUT2D eigenvalue weighted by atomic mass is 9.87. The summed E-state index contributed by atoms with van der Waals surface area (Å²) in [6, 6.07) is 0.972. The third-order valence-corrected chi connectivity index (χ3v) is 3.11. The van der Waals surface area contributed by atoms with Gasteiger partial charge in [0.25, 0.3) is 0 Å². The standard InChI is InChI=1S/C13H19Cl2N3O2.2ClH/c1-13(2,3)10(16)11(19)17-4-5-20-12-9(15)6-8(14)7-18-12;;/h6-7,10H,4-5,16H2,1-3H3,(H,17,19);2*1H/t10-;;/m1../s1. The number of rotatable bonds is 5. The number of nitrogens with zero attached hydrogens (tertiary/aromatic N) is 1. The number of amides is 1. The minimum atomic E-state index is -0.570. The largest absolute Gasteiger partial charge is 0.475 e. The minimum Gasteiger partial charge on any atom is -0.475 e. The molecule has 1 aromatic heterocycles. The average molecular weight is 393 g/mol. The second kappa shape index (κ2) is 10.3. The Morgan fingerprint density at radius 1 is 1.41 bits per heavy atom. The second-order valence-corrected chi connectivity index (χ2v) is 6.27. The number of pyridine rings is 1. The van der Waals surface area contributed by atoms with Crippen molar-refractivity contribution in [2.45, 2.75) is 26.8 Å². The van der Waals surface area contributed by atoms with Crippen LogP contribution in [0.15, 0.2) is 12.3 Å². The predicted molar refractivity (Wildman–Crippen MR) is 94.7 cm³/mol. The van der Waals surface area contributed by atoms with Crippen LogP contribution < -0.4 is 15.8 Å². The van der Waals surface area contributed by atoms with Gasteiger partial charge in [-0.15, -0.1) is 24.8 Å². The Kier molecular flexibility index (Phi) is 11.2. The molecule has 1 atom stereocenters. The molecular weight excluding hydrogens is 372 g/mol. The van der Waals surface area contributed by atoms with Crippen LogP contribution in [0.4, 0.5) is 0 Å². The fourth-order valence-electron chi connectivity index (χ4n) is 1.33. The van der Waals surface area contributed by atoms with E-state index in [0.717, 1.165) is 0 Å². The molecule has 0 aliphatic carbocycles. The Hall–Kier alpha value is -0.460. The van der Waals surface area contributed by atoms with E-state index in [-0.39, 0.29) is 48.6 Å². The van der Waals surface area contributed by atoms with Gasteiger partial charge in [-0.2, -0.15) is 0 Å². The lowest BCUT2D eigenvalue weighted by molar-refractivity contribution is -0.124. The molecule has 1 rings (SSSR count). The van der Waals surface area contributed by atoms with Gasteiger partial charge in [-0.1, -0.05) is 44.0 Å². The van der Waals surface area contributed by atoms with Gasteiger partial charge < -0.3 is 15.8 Å². The highest BCUT2D eigenvalue weighted by Crippen LogP contribution is 2.24. The summed E-state index contributed by atoms with van der Waals surface area (Å²) >= 11 is 11.6. The highest BCUT2D eigenvalue weighted by Gasteiger charge is 2.26. The van der Waals surface area contributed by atoms with Gasteiger partial charge in [0.1, 0.15) is 11.6 Å². The Labute approximate surface area is 153 Å². The first-order valence-electron chi connectivity index (χ1n) is 6.19. The number of nitrogens with two attached hydrogens (primary N) is 1. The summed E-state index contributed by atoms with van der Waals surface area (Å²) < 4.78 is 5.35. The summed E-state index contributed by atoms with van der Waals surface area (Å²) in [5.41, 5.74) is 5.54. The summed E-state index contributed by atoms with van der Waals surface area (Å²) in [4.78, 5) is 15.7. The molecule has 5 nitrogen and oxygen atoms in total. The van der Waals surface area contributed by atoms with Gasteiger partial charge in [0, 0.05) is 6.20 Å². The lowest BCUT2D eigenvalue weighted by Crippen LogP contribution is -2.49. The van der Waals surface area contributed by atoms with E-state index in [0.29, 0.717) is 16.6 Å². The second-order valence-electron chi connectivity index (χ2n) is 5.42. The van der Waals surface area contributed by atoms with Gasteiger partial charge >= 0.3 is 0 Å². The van der Waals surface area contributed by atoms with Crippen LogP contribution in [-0.4, -0.2) is 30.1 Å². The van der Waals surface area contributed by atoms with Crippen LogP contribution in [-0.2, 0) is 4.79 Å². The summed E-state index contributed by atoms with van der Waals surface area (Å²) in [6.07, 6.45) is 1.44. The van der Waals surface area contributed by atoms with Crippen molar-refractivity contribution in [3.8, 4) is 5.88 Å². The number of halogens is 4. The SMILES string of the molecule is CC(C)(C)[C@H](N)C(=O)NCCOc1ncc(Cl)cc1Cl.Cl.Cl. The van der Waals surface area contributed by atoms with Crippen LogP contribution >= 0.6 is 48.0 Å². The Balaban J connectivity index is 0. The van der Waals surface area contributed by atoms with Crippen molar-refractivity contribution in [3.05, 3.63) is 22.3 Å². The molecule has 0 aliphatic heterocycles. The molecule has 0 radical (unpaired) electrons. The number of carbonyl (C=O) groups excluding carboxylic acids is 1. The molecule has 1 aromatic rings. The zero-order chi connectivity index (χ0) is 15.3. The maximum absolute atomic E-state index is 11.8. The molecule has 0 aromatic carbocycles. The van der Waals surface area contributed by atoms with Crippen LogP contribution in [0.25, 0.3) is 0 Å². The Morgan fingerprint density at radius 2 is 2.00 bits per heavy atom. The number of nitrogens with one attached hydrogen (secondary N) is 1. The highest BCUT2D eigenvalue weighted by molar-refractivity contribution is 6.35. The maximum Gasteiger partial charge on any atom is 0.237 e. The van der Waals surface area contributed by atoms with Crippen LogP contribution in [0.2, 0.25) is 10.0 Å². The van der Waals surface area contributed by atoms with Gasteiger partial charge in [0.05, 0.1) is 17.6 Å². The monoisotopic (exact) mass is 391 g/mol. The van der Waals surface area contributed by atoms with Crippen molar-refractivity contribution in [1.29, 1.82) is 0 Å². The van der Waals surface area contributed by atoms with E-state index in [9.17, 15) is 4.79 Å². The zero-order valence-corrected chi connectivity index (χ0v) is 15.7. The maximum atomic E-state index is 11.8. The van der Waals surface area contributed by atoms with Crippen LogP contribution in [0.1, 0.15) is 20.8 Å². The summed E-state index contributed by atoms with van der Waals surface area (Å²) in [5.74, 6) is 0.0710. The quantitative estimate of drug-likeness (QED) is 0.754. The van der Waals surface area contributed by atoms with Crippen molar-refractivity contribution in [3.63, 3.8) is 0 Å². The molecule has 0 bridgehead atoms. The third kappa shape index (κ3) is 7.70. The van der Waals surface area contributed by atoms with E-state index in [2.05, 4.69) is 10.3 Å². The molecule has 0 saturated heterocycles. The van der Waals surface area contributed by atoms with E-state index < -0.39 is 6.04 Å². The van der Waals surface area contributed by atoms with Gasteiger partial charge in [-0.05, 0) is 11.5 Å². The molecule has 0 spiro atoms. The van der Waals surface area contributed by atoms with Crippen LogP contribution in [0.5, 0.6) is 5.88 Å². The van der Waals surface area contributed by atoms with E-state index in [1.165, 1.54) is 6.20 Å². The number of aromatic nitrogens is 1. The molecule has 9 heteroatoms. The fraction of sp³-hybridized carbons (Fsp3) is 0.538. The van der Waals surface area contributed by atoms with Gasteiger partial charge in [0.15, 0.2) is 0 Å². The number of ether oxygens (including phenoxy) is 1. The normalized spacial score (nSPS) is 11.7. The van der Waals surface area contributed by atoms with E-state index in [1.807, 2.05) is 20.8 Å². The molecular formula is C13H21Cl4N3O2. The van der Waals surface area contributed by atoms with Crippen molar-refractivity contribution in [2.75, 3.05) is 13.2 Å². The minimum absolute atomic E-state index is 0. The fourth-order valence-corrected chi connectivity index (χ4v) is 1.77. The predicted octanol–water partition coefficient (Wildman–Crippen LogP) is 3.10. The Bertz CT molecular complexity index is 481. The molecule has 0 unspecified atom stereocenters. The summed E-state index contributed by atoms with van der Waals surface area (Å²) in [7, 11) is 0. The summed E-state index contributed by atoms with van der Waals surface area (Å²) in [5, 5.41) is 3.47. The van der Waals surface area contributed by atoms with E-state index in [1.54, 1.807) is 6.07 Å². The van der Waals surface area contributed by atoms with Crippen molar-refractivity contribution >= 4 is 53.9 Å². The van der Waals surface area contributed by atoms with Crippen molar-refractivity contribution in [2.24, 2.45) is 11.1 Å². The topological polar surface area (TPSA) is 77.2 Å². The van der Waals surface area contributed by atoms with Crippen LogP contribution in [0, 0.1) is 5.41 Å². The average Bonchev–Trinajstić information content (AvgIpc) is 2.34. The van der Waals surface area contributed by atoms with Crippen molar-refractivity contribution in [1.82, 2.24) is 10.3 Å². The number of hydrogen-bond acceptors (Lipinski definition) is 4. The van der Waals surface area contributed by atoms with E-state index in [4.69, 9.17) is 33.7 Å². The van der Waals surface area contributed by atoms with Gasteiger partial charge in [0.2, 0.25) is 11.8 Å². The van der Waals surface area contributed by atoms with E-state index >= 15 is 0 Å². The first-order valence-corrected chi connectivity index (χ1v) is 6.94. The molecule has 0 fully saturated rings. The lowest BCUT2D eigenvalue weighted by Gasteiger charge is -2.25. The zero-order valence-electron chi connectivity index (χ0n) is 12.6. The molecule has 1 amide bonds. The first-order chi connectivity index (χ1) is 9.21. The number of hydrogen-bond donors (Lipinski definition) is 2. The molecule has 0 aliphatic rings. The smallest absolute Gasteiger partial charge is 0.237 e. The molecule has 3 N–H and O–H groups in total. The van der Waals surface area contributed by atoms with Crippen LogP contribution in [0.3, 0.4) is 0 Å². The first kappa shape index (κ1) is 23.8. The molecule has 1 heterocycles. The number of carbonyl (C=O) groups is 1. The Morgan fingerprint density at radius 3 is 2.50 bits per heavy atom. The van der Waals surface area contributed by atoms with Gasteiger partial charge in [-0.3, -0.25) is 4.79 Å². The highest BCUT2D eigenvalue weighted by atomic mass is 35.5. The van der Waals surface area contributed by atoms with Gasteiger partial charge in [-0.25, -0.2) is 4.98 Å². The molecule has 0 saturated carbocycles. The van der Waals surface area contributed by atoms with Crippen molar-refractivity contribution < 1.29 is 9.53 Å².